The van der Waals surface area contributed by atoms with Crippen LogP contribution in [-0.4, -0.2) is 108 Å². The molecule has 0 spiro atoms. The van der Waals surface area contributed by atoms with E-state index in [4.69, 9.17) is 24.9 Å². The fraction of sp³-hybridized carbons (Fsp3) is 0.571. The molecule has 0 saturated heterocycles. The fourth-order valence-electron chi connectivity index (χ4n) is 5.53. The average Bonchev–Trinajstić information content (AvgIpc) is 3.22. The zero-order valence-electron chi connectivity index (χ0n) is 34.8. The molecule has 0 radical (unpaired) electrons. The van der Waals surface area contributed by atoms with E-state index in [1.807, 2.05) is 5.92 Å². The number of terminal acetylenes is 1. The minimum Gasteiger partial charge on any atom is -0.456 e. The molecule has 0 aromatic carbocycles. The Morgan fingerprint density at radius 3 is 1.41 bits per heavy atom. The van der Waals surface area contributed by atoms with Crippen molar-refractivity contribution >= 4 is 35.4 Å². The second-order valence-electron chi connectivity index (χ2n) is 13.5. The van der Waals surface area contributed by atoms with Gasteiger partial charge in [0.25, 0.3) is 0 Å². The van der Waals surface area contributed by atoms with Crippen molar-refractivity contribution in [3.63, 3.8) is 0 Å². The van der Waals surface area contributed by atoms with Crippen LogP contribution < -0.4 is 0 Å². The van der Waals surface area contributed by atoms with Crippen LogP contribution >= 0.6 is 23.5 Å². The summed E-state index contributed by atoms with van der Waals surface area (Å²) < 4.78 is 64.5. The van der Waals surface area contributed by atoms with Gasteiger partial charge in [0.2, 0.25) is 0 Å². The summed E-state index contributed by atoms with van der Waals surface area (Å²) in [5, 5.41) is 31.7. The van der Waals surface area contributed by atoms with Crippen molar-refractivity contribution in [1.29, 1.82) is 0 Å². The smallest absolute Gasteiger partial charge is 0.456 e. The number of hydrogen-bond donors (Lipinski definition) is 8. The molecule has 22 heteroatoms. The molecule has 0 heterocycles. The van der Waals surface area contributed by atoms with Crippen LogP contribution in [-0.2, 0) is 50.9 Å². The van der Waals surface area contributed by atoms with E-state index in [0.29, 0.717) is 12.8 Å². The highest BCUT2D eigenvalue weighted by molar-refractivity contribution is 7.47. The molecule has 1 aliphatic rings. The first-order valence-corrected chi connectivity index (χ1v) is 24.4. The third-order valence-electron chi connectivity index (χ3n) is 8.39. The second-order valence-corrected chi connectivity index (χ2v) is 17.3. The van der Waals surface area contributed by atoms with E-state index in [1.54, 1.807) is 0 Å². The zero-order valence-corrected chi connectivity index (χ0v) is 37.5. The van der Waals surface area contributed by atoms with Gasteiger partial charge < -0.3 is 49.3 Å². The monoisotopic (exact) mass is 952 g/mol. The van der Waals surface area contributed by atoms with Crippen LogP contribution in [0, 0.1) is 95.2 Å². The Morgan fingerprint density at radius 1 is 0.547 bits per heavy atom. The number of esters is 2. The first kappa shape index (κ1) is 57.6. The van der Waals surface area contributed by atoms with Crippen LogP contribution in [0.25, 0.3) is 0 Å². The summed E-state index contributed by atoms with van der Waals surface area (Å²) in [4.78, 5) is 72.5. The first-order valence-electron chi connectivity index (χ1n) is 19.8. The molecule has 0 aliphatic heterocycles. The highest BCUT2D eigenvalue weighted by Crippen LogP contribution is 2.51. The Hall–Kier alpha value is -4.37. The van der Waals surface area contributed by atoms with Crippen molar-refractivity contribution in [3.05, 3.63) is 0 Å². The van der Waals surface area contributed by atoms with Gasteiger partial charge in [0.15, 0.2) is 6.10 Å². The summed E-state index contributed by atoms with van der Waals surface area (Å²) in [6, 6.07) is 0. The highest BCUT2D eigenvalue weighted by atomic mass is 31.2. The number of carbonyl (C=O) groups excluding carboxylic acids is 2. The number of rotatable bonds is 26. The van der Waals surface area contributed by atoms with Crippen LogP contribution in [0.1, 0.15) is 96.8 Å². The topological polar surface area (TPSA) is 303 Å². The van der Waals surface area contributed by atoms with Gasteiger partial charge in [-0.15, -0.1) is 6.42 Å². The number of aliphatic hydroxyl groups is 3. The molecular weight excluding hydrogens is 901 g/mol. The molecule has 19 nitrogen and oxygen atoms in total. The molecule has 4 unspecified atom stereocenters. The summed E-state index contributed by atoms with van der Waals surface area (Å²) in [5.41, 5.74) is 0. The molecule has 0 aromatic heterocycles. The third kappa shape index (κ3) is 28.4. The molecule has 0 bridgehead atoms. The maximum absolute atomic E-state index is 13.0. The SMILES string of the molecule is C#CC#CC#CC#CC#CC#CC#CC#CC(=O)OC[C@H](COP(=O)(O)OC1C(O)[C@H](OP(=O)(O)O)[C@H](OP(=O)(O)O)C(O)[C@@H]1O)OC(=O)CCCCCCCCCCCCCCC. The normalized spacial score (nSPS) is 20.1. The number of phosphoric acid groups is 3. The van der Waals surface area contributed by atoms with Gasteiger partial charge in [-0.3, -0.25) is 22.9 Å². The molecule has 348 valence electrons. The van der Waals surface area contributed by atoms with Gasteiger partial charge in [-0.05, 0) is 89.3 Å². The van der Waals surface area contributed by atoms with E-state index < -0.39 is 91.3 Å². The Morgan fingerprint density at radius 2 is 0.953 bits per heavy atom. The molecule has 1 aliphatic carbocycles. The van der Waals surface area contributed by atoms with Gasteiger partial charge in [-0.25, -0.2) is 18.5 Å². The largest absolute Gasteiger partial charge is 0.472 e. The summed E-state index contributed by atoms with van der Waals surface area (Å²) in [5.74, 6) is 32.5. The van der Waals surface area contributed by atoms with Crippen molar-refractivity contribution in [1.82, 2.24) is 0 Å². The highest BCUT2D eigenvalue weighted by Gasteiger charge is 2.56. The van der Waals surface area contributed by atoms with Gasteiger partial charge >= 0.3 is 35.4 Å². The number of hydrogen-bond acceptors (Lipinski definition) is 14. The number of carbonyl (C=O) groups is 2. The Labute approximate surface area is 373 Å². The van der Waals surface area contributed by atoms with Crippen LogP contribution in [0.3, 0.4) is 0 Å². The number of phosphoric ester groups is 3. The lowest BCUT2D eigenvalue weighted by atomic mass is 9.85. The van der Waals surface area contributed by atoms with Crippen LogP contribution in [0.4, 0.5) is 0 Å². The Balaban J connectivity index is 2.97. The summed E-state index contributed by atoms with van der Waals surface area (Å²) in [6.45, 7) is 0.344. The molecule has 8 atom stereocenters. The predicted octanol–water partition coefficient (Wildman–Crippen LogP) is 2.13. The lowest BCUT2D eigenvalue weighted by molar-refractivity contribution is -0.213. The lowest BCUT2D eigenvalue weighted by Gasteiger charge is -2.44. The van der Waals surface area contributed by atoms with Crippen LogP contribution in [0.2, 0.25) is 0 Å². The Bertz CT molecular complexity index is 2160. The molecule has 1 saturated carbocycles. The lowest BCUT2D eigenvalue weighted by Crippen LogP contribution is -2.65. The maximum atomic E-state index is 13.0. The molecule has 1 rings (SSSR count). The van der Waals surface area contributed by atoms with Gasteiger partial charge in [0.05, 0.1) is 6.61 Å². The standard InChI is InChI=1S/C42H51O19P3/c1-3-5-7-9-11-13-15-17-19-20-22-24-26-28-30-35(43)56-32-34(58-36(44)31-29-27-25-23-21-18-16-14-12-10-8-6-4-2)33-57-64(54,55)61-40-37(45)38(46)41(59-62(48,49)50)42(39(40)47)60-63(51,52)53/h1,34,37-42,45-47H,4,6,8,10,12,14,16,18,21,23,25,27,29,31-33H2,2H3,(H,54,55)(H2,48,49,50)(H2,51,52,53)/t34-,37+,38?,39?,40?,41-,42+/m1/s1. The maximum Gasteiger partial charge on any atom is 0.472 e. The third-order valence-corrected chi connectivity index (χ3v) is 10.4. The van der Waals surface area contributed by atoms with Gasteiger partial charge in [-0.2, -0.15) is 0 Å². The quantitative estimate of drug-likeness (QED) is 0.0203. The van der Waals surface area contributed by atoms with E-state index >= 15 is 0 Å². The summed E-state index contributed by atoms with van der Waals surface area (Å²) >= 11 is 0. The van der Waals surface area contributed by atoms with Gasteiger partial charge in [0.1, 0.15) is 43.2 Å². The van der Waals surface area contributed by atoms with E-state index in [2.05, 4.69) is 98.9 Å². The number of aliphatic hydroxyl groups excluding tert-OH is 3. The average molecular weight is 953 g/mol. The molecule has 1 fully saturated rings. The second kappa shape index (κ2) is 32.3. The minimum atomic E-state index is -5.64. The summed E-state index contributed by atoms with van der Waals surface area (Å²) in [6.07, 6.45) is 1.80. The number of unbranched alkanes of at least 4 members (excludes halogenated alkanes) is 12. The van der Waals surface area contributed by atoms with Gasteiger partial charge in [-0.1, -0.05) is 84.0 Å². The molecular formula is C42H51O19P3. The first-order chi connectivity index (χ1) is 30.3. The van der Waals surface area contributed by atoms with Crippen molar-refractivity contribution in [2.24, 2.45) is 0 Å². The van der Waals surface area contributed by atoms with E-state index in [-0.39, 0.29) is 6.42 Å². The van der Waals surface area contributed by atoms with Crippen molar-refractivity contribution in [2.75, 3.05) is 13.2 Å². The number of ether oxygens (including phenoxy) is 2. The fourth-order valence-corrected chi connectivity index (χ4v) is 7.63. The van der Waals surface area contributed by atoms with Crippen LogP contribution in [0.15, 0.2) is 0 Å². The minimum absolute atomic E-state index is 0.0868. The molecule has 0 amide bonds. The van der Waals surface area contributed by atoms with Crippen molar-refractivity contribution in [3.8, 4) is 95.2 Å². The van der Waals surface area contributed by atoms with Gasteiger partial charge in [0, 0.05) is 12.3 Å². The molecule has 0 aromatic rings. The predicted molar refractivity (Wildman–Crippen MR) is 227 cm³/mol. The van der Waals surface area contributed by atoms with E-state index in [9.17, 15) is 63.1 Å². The molecule has 64 heavy (non-hydrogen) atoms. The zero-order chi connectivity index (χ0) is 47.9. The van der Waals surface area contributed by atoms with Crippen LogP contribution in [0.5, 0.6) is 0 Å². The van der Waals surface area contributed by atoms with Crippen molar-refractivity contribution in [2.45, 2.75) is 140 Å². The van der Waals surface area contributed by atoms with E-state index in [1.165, 1.54) is 44.9 Å². The molecule has 8 N–H and O–H groups in total. The van der Waals surface area contributed by atoms with Crippen molar-refractivity contribution < 1.29 is 90.6 Å². The Kier molecular flexibility index (Phi) is 29.1. The summed E-state index contributed by atoms with van der Waals surface area (Å²) in [7, 11) is -16.8. The van der Waals surface area contributed by atoms with E-state index in [0.717, 1.165) is 25.7 Å².